The molecule has 2 aliphatic carbocycles. The third-order valence-electron chi connectivity index (χ3n) is 28.0. The largest absolute Gasteiger partial charge is 0.480 e. The van der Waals surface area contributed by atoms with Crippen LogP contribution in [0.2, 0.25) is 0 Å². The molecule has 1 saturated heterocycles. The number of halogens is 2. The summed E-state index contributed by atoms with van der Waals surface area (Å²) in [5.41, 5.74) is 3.41. The highest BCUT2D eigenvalue weighted by Gasteiger charge is 2.49. The maximum Gasteiger partial charge on any atom is 0.343 e. The monoisotopic (exact) mass is 1990 g/mol. The van der Waals surface area contributed by atoms with E-state index in [0.717, 1.165) is 33.1 Å². The molecule has 8 aromatic rings. The topological polar surface area (TPSA) is 562 Å². The first kappa shape index (κ1) is 104. The Morgan fingerprint density at radius 2 is 0.897 bits per heavy atom. The highest BCUT2D eigenvalue weighted by atomic mass is 19.1. The molecule has 1 unspecified atom stereocenters. The van der Waals surface area contributed by atoms with Gasteiger partial charge in [0.05, 0.1) is 122 Å². The number of cyclic esters (lactones) is 2. The zero-order valence-electron chi connectivity index (χ0n) is 80.1. The number of amides is 10. The molecule has 0 saturated carbocycles. The number of imide groups is 2. The Hall–Kier alpha value is -15.3. The van der Waals surface area contributed by atoms with E-state index in [4.69, 9.17) is 19.4 Å². The van der Waals surface area contributed by atoms with E-state index < -0.39 is 197 Å². The van der Waals surface area contributed by atoms with Crippen LogP contribution >= 0.6 is 0 Å². The molecular weight excluding hydrogens is 1890 g/mol. The number of hydrogen-bond donors (Lipinski definition) is 10. The Morgan fingerprint density at radius 3 is 1.28 bits per heavy atom. The van der Waals surface area contributed by atoms with Crippen LogP contribution in [0, 0.1) is 43.2 Å². The lowest BCUT2D eigenvalue weighted by atomic mass is 9.81. The Kier molecular flexibility index (Phi) is 31.5. The average molecular weight is 2000 g/mol. The minimum atomic E-state index is -2.07. The number of carbonyl (C=O) groups is 18. The lowest BCUT2D eigenvalue weighted by molar-refractivity contribution is -0.172. The number of esters is 2. The van der Waals surface area contributed by atoms with Crippen molar-refractivity contribution in [2.45, 2.75) is 181 Å². The third-order valence-corrected chi connectivity index (χ3v) is 28.0. The fourth-order valence-corrected chi connectivity index (χ4v) is 20.3. The van der Waals surface area contributed by atoms with E-state index >= 15 is 8.78 Å². The minimum absolute atomic E-state index is 0.0285. The molecule has 4 aromatic heterocycles. The molecule has 8 aliphatic rings. The van der Waals surface area contributed by atoms with Crippen LogP contribution in [0.1, 0.15) is 181 Å². The molecule has 42 heteroatoms. The van der Waals surface area contributed by atoms with Crippen LogP contribution in [0.25, 0.3) is 44.6 Å². The number of nitrogens with one attached hydrogen (secondary N) is 6. The van der Waals surface area contributed by atoms with Gasteiger partial charge >= 0.3 is 23.9 Å². The number of benzene rings is 4. The summed E-state index contributed by atoms with van der Waals surface area (Å²) in [6.45, 7) is 3.45. The van der Waals surface area contributed by atoms with E-state index in [2.05, 4.69) is 31.9 Å². The van der Waals surface area contributed by atoms with Crippen molar-refractivity contribution < 1.29 is 125 Å². The molecule has 0 spiro atoms. The standard InChI is InChI=1S/C52H56FN7O13.C51H52FN7O13/c1-4-52(72)36-19-40-47-34(24-60(40)50(70)35(36)26-73-51(52)71)46-38(12-11-33-28(3)37(53)20-39(57-47)45(33)46)56-42(64)22-55-48(68)30(17-29-8-6-5-7-9-29)18-32(62)21-54-41(63)13-10-31(61)23-58(25-44(66)67)14-15-59-43(65)16-27(2)49(59)69;1-3-51(71)35-19-39-47-33(24-59(39)49(69)34(35)26-72-50(51)70)46-37(11-10-32-27(2)36(52)20-38(56-47)45(32)46)55-41(63)22-54-48(68)29(17-28-7-5-4-6-8-28)18-31(61)21-53-40(62)12-9-30(60)23-57(25-44(66)67)15-16-58-42(64)13-14-43(58)65/h5-9,19-20,27,30,38,72H,4,10-18,21-26H2,1-3H3,(H,54,63)(H,55,68)(H,56,64)(H,66,67);4-8,13-14,19-20,29,37,71H,3,9-12,15-18,21-26H2,1-2H3,(H,53,62)(H,54,68)(H,55,63)(H,66,67)/t27?,30-,38+,52+;29-,37+,51+/m11/s1. The van der Waals surface area contributed by atoms with Gasteiger partial charge < -0.3 is 70.9 Å². The van der Waals surface area contributed by atoms with E-state index in [1.54, 1.807) is 107 Å². The van der Waals surface area contributed by atoms with Gasteiger partial charge in [0.2, 0.25) is 47.3 Å². The normalized spacial score (nSPS) is 18.4. The van der Waals surface area contributed by atoms with Gasteiger partial charge in [-0.15, -0.1) is 0 Å². The summed E-state index contributed by atoms with van der Waals surface area (Å²) < 4.78 is 44.3. The number of rotatable bonds is 42. The molecule has 4 aromatic carbocycles. The van der Waals surface area contributed by atoms with Crippen LogP contribution in [-0.4, -0.2) is 244 Å². The average Bonchev–Trinajstić information content (AvgIpc) is 1.57. The van der Waals surface area contributed by atoms with Gasteiger partial charge in [0.1, 0.15) is 36.4 Å². The zero-order chi connectivity index (χ0) is 104. The molecule has 0 radical (unpaired) electrons. The number of nitrogens with zero attached hydrogens (tertiary/aromatic N) is 8. The number of pyridine rings is 4. The predicted molar refractivity (Wildman–Crippen MR) is 508 cm³/mol. The summed E-state index contributed by atoms with van der Waals surface area (Å²) in [6, 6.07) is 22.1. The fourth-order valence-electron chi connectivity index (χ4n) is 20.3. The summed E-state index contributed by atoms with van der Waals surface area (Å²) in [4.78, 5) is 272. The first-order valence-electron chi connectivity index (χ1n) is 47.9. The van der Waals surface area contributed by atoms with Crippen molar-refractivity contribution in [2.24, 2.45) is 17.8 Å². The summed E-state index contributed by atoms with van der Waals surface area (Å²) >= 11 is 0. The molecule has 145 heavy (non-hydrogen) atoms. The smallest absolute Gasteiger partial charge is 0.343 e. The minimum Gasteiger partial charge on any atom is -0.480 e. The van der Waals surface area contributed by atoms with Gasteiger partial charge in [-0.3, -0.25) is 106 Å². The van der Waals surface area contributed by atoms with Gasteiger partial charge in [0.25, 0.3) is 22.9 Å². The molecule has 40 nitrogen and oxygen atoms in total. The van der Waals surface area contributed by atoms with Gasteiger partial charge in [-0.2, -0.15) is 0 Å². The van der Waals surface area contributed by atoms with Crippen molar-refractivity contribution in [3.63, 3.8) is 0 Å². The van der Waals surface area contributed by atoms with E-state index in [1.165, 1.54) is 31.1 Å². The molecule has 10 amide bonds. The number of carbonyl (C=O) groups excluding carboxylic acids is 16. The second-order valence-electron chi connectivity index (χ2n) is 37.6. The van der Waals surface area contributed by atoms with Gasteiger partial charge in [-0.25, -0.2) is 28.3 Å². The van der Waals surface area contributed by atoms with E-state index in [0.29, 0.717) is 109 Å². The van der Waals surface area contributed by atoms with E-state index in [-0.39, 0.29) is 176 Å². The second kappa shape index (κ2) is 43.9. The third kappa shape index (κ3) is 22.4. The highest BCUT2D eigenvalue weighted by Crippen LogP contribution is 2.49. The van der Waals surface area contributed by atoms with Crippen molar-refractivity contribution in [1.29, 1.82) is 0 Å². The number of aliphatic carboxylic acids is 2. The van der Waals surface area contributed by atoms with Gasteiger partial charge in [0, 0.05) is 146 Å². The summed E-state index contributed by atoms with van der Waals surface area (Å²) in [5, 5.41) is 59.0. The van der Waals surface area contributed by atoms with Gasteiger partial charge in [0.15, 0.2) is 22.8 Å². The number of carboxylic acids is 2. The quantitative estimate of drug-likeness (QED) is 0.0194. The van der Waals surface area contributed by atoms with Crippen molar-refractivity contribution in [3.05, 3.63) is 207 Å². The Morgan fingerprint density at radius 1 is 0.497 bits per heavy atom. The second-order valence-corrected chi connectivity index (χ2v) is 37.6. The molecule has 10 heterocycles. The Labute approximate surface area is 826 Å². The molecule has 16 rings (SSSR count). The Balaban J connectivity index is 0.000000218. The van der Waals surface area contributed by atoms with Crippen LogP contribution in [-0.2, 0) is 159 Å². The van der Waals surface area contributed by atoms with Crippen molar-refractivity contribution in [3.8, 4) is 22.8 Å². The van der Waals surface area contributed by atoms with Crippen molar-refractivity contribution >= 4 is 128 Å². The zero-order valence-corrected chi connectivity index (χ0v) is 80.1. The maximum atomic E-state index is 15.5. The van der Waals surface area contributed by atoms with E-state index in [9.17, 15) is 116 Å². The summed E-state index contributed by atoms with van der Waals surface area (Å²) in [5.74, 6) is -15.1. The predicted octanol–water partition coefficient (Wildman–Crippen LogP) is 3.15. The number of likely N-dealkylation sites (tertiary alicyclic amines) is 1. The molecule has 1 fully saturated rings. The van der Waals surface area contributed by atoms with Crippen molar-refractivity contribution in [1.82, 2.24) is 70.6 Å². The van der Waals surface area contributed by atoms with Crippen molar-refractivity contribution in [2.75, 3.05) is 78.5 Å². The molecule has 7 atom stereocenters. The number of aliphatic hydroxyl groups is 2. The molecule has 10 N–H and O–H groups in total. The number of fused-ring (bicyclic) bond motifs is 10. The number of carboxylic acid groups (broad SMARTS) is 2. The maximum absolute atomic E-state index is 15.5. The SMILES string of the molecule is CC[C@@]1(O)C(=O)OCc2c1cc1n(c2=O)Cc2c-1nc1cc(F)c(C)c3c1c2[C@@H](NC(=O)CNC(=O)[C@@H](CC(=O)CNC(=O)CCC(=O)CN(CCN1C(=O)C=CC1=O)CC(=O)O)Cc1ccccc1)CC3.CC[C@@]1(O)C(=O)OCc2c1cc1n(c2=O)Cc2c-1nc1cc(F)c(C)c3c1c2[C@@H](NC(=O)CNC(=O)[C@@H](CC(=O)CNC(=O)CCC(=O)CN(CCN1C(=O)CC(C)C1=O)CC(=O)O)Cc1ccccc1)CC3. The van der Waals surface area contributed by atoms with Gasteiger partial charge in [-0.05, 0) is 122 Å². The molecule has 760 valence electrons. The molecule has 6 aliphatic heterocycles. The lowest BCUT2D eigenvalue weighted by Gasteiger charge is -2.31. The molecular formula is C103H108F2N14O26. The van der Waals surface area contributed by atoms with E-state index in [1.807, 2.05) is 0 Å². The van der Waals surface area contributed by atoms with Crippen LogP contribution in [0.3, 0.4) is 0 Å². The summed E-state index contributed by atoms with van der Waals surface area (Å²) in [6.07, 6.45) is 1.90. The number of ether oxygens (including phenoxy) is 2. The van der Waals surface area contributed by atoms with Gasteiger partial charge in [-0.1, -0.05) is 81.4 Å². The summed E-state index contributed by atoms with van der Waals surface area (Å²) in [7, 11) is 0. The number of aryl methyl sites for hydroxylation is 2. The fraction of sp³-hybridized carbons (Fsp3) is 0.417. The number of Topliss-reactive ketones (excluding diaryl/α,β-unsaturated/α-hetero) is 4. The van der Waals surface area contributed by atoms with Crippen LogP contribution in [0.5, 0.6) is 0 Å². The highest BCUT2D eigenvalue weighted by molar-refractivity contribution is 6.13. The number of hydrogen-bond acceptors (Lipinski definition) is 28. The first-order chi connectivity index (χ1) is 69.1. The Bertz CT molecular complexity index is 6900. The number of ketones is 4. The van der Waals surface area contributed by atoms with Crippen LogP contribution in [0.15, 0.2) is 107 Å². The first-order valence-corrected chi connectivity index (χ1v) is 47.9. The lowest BCUT2D eigenvalue weighted by Crippen LogP contribution is -2.44. The number of aromatic nitrogens is 4. The molecule has 0 bridgehead atoms. The van der Waals surface area contributed by atoms with Crippen LogP contribution < -0.4 is 43.0 Å². The van der Waals surface area contributed by atoms with Crippen LogP contribution in [0.4, 0.5) is 8.78 Å².